The van der Waals surface area contributed by atoms with Gasteiger partial charge >= 0.3 is 0 Å². The van der Waals surface area contributed by atoms with Crippen molar-refractivity contribution in [2.24, 2.45) is 4.99 Å². The van der Waals surface area contributed by atoms with E-state index in [4.69, 9.17) is 0 Å². The summed E-state index contributed by atoms with van der Waals surface area (Å²) >= 11 is 0. The monoisotopic (exact) mass is 157 g/mol. The molecule has 0 unspecified atom stereocenters. The third kappa shape index (κ3) is 4.74. The van der Waals surface area contributed by atoms with Gasteiger partial charge in [-0.05, 0) is 12.3 Å². The summed E-state index contributed by atoms with van der Waals surface area (Å²) in [6.07, 6.45) is 3.40. The number of hydrogen-bond acceptors (Lipinski definition) is 1. The Labute approximate surface area is 65.6 Å². The van der Waals surface area contributed by atoms with Gasteiger partial charge in [0.15, 0.2) is 0 Å². The lowest BCUT2D eigenvalue weighted by atomic mass is 10.6. The van der Waals surface area contributed by atoms with E-state index in [1.54, 1.807) is 0 Å². The van der Waals surface area contributed by atoms with Crippen molar-refractivity contribution in [2.75, 3.05) is 7.05 Å². The van der Waals surface area contributed by atoms with Crippen molar-refractivity contribution in [3.05, 3.63) is 0 Å². The van der Waals surface area contributed by atoms with Crippen LogP contribution in [0.2, 0.25) is 25.2 Å². The zero-order valence-electron chi connectivity index (χ0n) is 7.65. The highest BCUT2D eigenvalue weighted by Gasteiger charge is 2.16. The van der Waals surface area contributed by atoms with Crippen molar-refractivity contribution >= 4 is 14.3 Å². The van der Waals surface area contributed by atoms with Gasteiger partial charge in [0.25, 0.3) is 0 Å². The summed E-state index contributed by atoms with van der Waals surface area (Å²) in [5.74, 6) is 0. The molecule has 0 aliphatic carbocycles. The Hall–Kier alpha value is -0.113. The maximum atomic E-state index is 4.01. The average molecular weight is 157 g/mol. The molecule has 0 amide bonds. The van der Waals surface area contributed by atoms with Gasteiger partial charge in [-0.1, -0.05) is 32.5 Å². The lowest BCUT2D eigenvalue weighted by Crippen LogP contribution is -2.24. The molecule has 0 saturated heterocycles. The van der Waals surface area contributed by atoms with Crippen LogP contribution >= 0.6 is 0 Å². The molecule has 0 aromatic carbocycles. The van der Waals surface area contributed by atoms with Crippen LogP contribution in [-0.4, -0.2) is 21.3 Å². The second-order valence-corrected chi connectivity index (χ2v) is 8.80. The topological polar surface area (TPSA) is 12.4 Å². The SMILES string of the molecule is CCC[Si](C)(C)CC=NC. The van der Waals surface area contributed by atoms with Crippen LogP contribution in [0.25, 0.3) is 0 Å². The van der Waals surface area contributed by atoms with Crippen molar-refractivity contribution in [3.63, 3.8) is 0 Å². The van der Waals surface area contributed by atoms with E-state index >= 15 is 0 Å². The Morgan fingerprint density at radius 2 is 2.00 bits per heavy atom. The molecule has 1 nitrogen and oxygen atoms in total. The minimum absolute atomic E-state index is 0.874. The lowest BCUT2D eigenvalue weighted by Gasteiger charge is -2.18. The fourth-order valence-corrected chi connectivity index (χ4v) is 3.35. The Bertz CT molecular complexity index is 108. The third-order valence-corrected chi connectivity index (χ3v) is 4.89. The first-order valence-corrected chi connectivity index (χ1v) is 7.44. The first-order chi connectivity index (χ1) is 4.62. The molecule has 0 spiro atoms. The molecule has 0 bridgehead atoms. The average Bonchev–Trinajstić information content (AvgIpc) is 1.84. The van der Waals surface area contributed by atoms with Crippen molar-refractivity contribution in [2.45, 2.75) is 38.5 Å². The van der Waals surface area contributed by atoms with Crippen molar-refractivity contribution < 1.29 is 0 Å². The largest absolute Gasteiger partial charge is 0.301 e. The summed E-state index contributed by atoms with van der Waals surface area (Å²) in [6, 6.07) is 2.68. The van der Waals surface area contributed by atoms with Gasteiger partial charge in [-0.3, -0.25) is 0 Å². The van der Waals surface area contributed by atoms with E-state index in [9.17, 15) is 0 Å². The van der Waals surface area contributed by atoms with Crippen LogP contribution in [0.5, 0.6) is 0 Å². The zero-order chi connectivity index (χ0) is 8.04. The molecule has 0 N–H and O–H groups in total. The molecule has 0 heterocycles. The van der Waals surface area contributed by atoms with Gasteiger partial charge in [-0.2, -0.15) is 0 Å². The van der Waals surface area contributed by atoms with Gasteiger partial charge in [0.2, 0.25) is 0 Å². The first kappa shape index (κ1) is 9.89. The molecule has 10 heavy (non-hydrogen) atoms. The smallest absolute Gasteiger partial charge is 0.0528 e. The predicted octanol–water partition coefficient (Wildman–Crippen LogP) is 2.81. The summed E-state index contributed by atoms with van der Waals surface area (Å²) in [4.78, 5) is 4.01. The summed E-state index contributed by atoms with van der Waals surface area (Å²) in [5.41, 5.74) is 0. The summed E-state index contributed by atoms with van der Waals surface area (Å²) in [6.45, 7) is 7.12. The molecule has 0 saturated carbocycles. The normalized spacial score (nSPS) is 12.8. The van der Waals surface area contributed by atoms with Gasteiger partial charge in [0, 0.05) is 7.05 Å². The molecule has 2 heteroatoms. The Morgan fingerprint density at radius 3 is 2.40 bits per heavy atom. The number of hydrogen-bond donors (Lipinski definition) is 0. The number of rotatable bonds is 4. The van der Waals surface area contributed by atoms with Crippen molar-refractivity contribution in [1.82, 2.24) is 0 Å². The summed E-state index contributed by atoms with van der Waals surface area (Å²) < 4.78 is 0. The standard InChI is InChI=1S/C8H19NSi/c1-5-7-10(3,4)8-6-9-2/h6H,5,7-8H2,1-4H3. The zero-order valence-corrected chi connectivity index (χ0v) is 8.65. The van der Waals surface area contributed by atoms with Gasteiger partial charge < -0.3 is 4.99 Å². The Morgan fingerprint density at radius 1 is 1.40 bits per heavy atom. The van der Waals surface area contributed by atoms with E-state index in [0.717, 1.165) is 0 Å². The van der Waals surface area contributed by atoms with E-state index in [2.05, 4.69) is 31.2 Å². The quantitative estimate of drug-likeness (QED) is 0.439. The van der Waals surface area contributed by atoms with E-state index in [0.29, 0.717) is 0 Å². The van der Waals surface area contributed by atoms with Crippen LogP contribution in [0.3, 0.4) is 0 Å². The molecule has 0 atom stereocenters. The van der Waals surface area contributed by atoms with Crippen LogP contribution in [0.1, 0.15) is 13.3 Å². The highest BCUT2D eigenvalue weighted by atomic mass is 28.3. The highest BCUT2D eigenvalue weighted by Crippen LogP contribution is 2.15. The third-order valence-electron chi connectivity index (χ3n) is 1.75. The van der Waals surface area contributed by atoms with Gasteiger partial charge in [-0.15, -0.1) is 0 Å². The second-order valence-electron chi connectivity index (χ2n) is 3.56. The fraction of sp³-hybridized carbons (Fsp3) is 0.875. The fourth-order valence-electron chi connectivity index (χ4n) is 1.12. The van der Waals surface area contributed by atoms with E-state index in [-0.39, 0.29) is 0 Å². The van der Waals surface area contributed by atoms with Gasteiger partial charge in [0.1, 0.15) is 0 Å². The van der Waals surface area contributed by atoms with Crippen LogP contribution in [0.15, 0.2) is 4.99 Å². The lowest BCUT2D eigenvalue weighted by molar-refractivity contribution is 1.04. The molecular weight excluding hydrogens is 138 g/mol. The molecule has 0 aliphatic rings. The van der Waals surface area contributed by atoms with Crippen LogP contribution in [-0.2, 0) is 0 Å². The highest BCUT2D eigenvalue weighted by molar-refractivity contribution is 6.79. The molecule has 0 fully saturated rings. The summed E-state index contributed by atoms with van der Waals surface area (Å²) in [5, 5.41) is 0. The minimum Gasteiger partial charge on any atom is -0.301 e. The Kier molecular flexibility index (Phi) is 4.61. The second kappa shape index (κ2) is 4.66. The van der Waals surface area contributed by atoms with Crippen LogP contribution < -0.4 is 0 Å². The molecule has 0 aromatic rings. The first-order valence-electron chi connectivity index (χ1n) is 4.03. The summed E-state index contributed by atoms with van der Waals surface area (Å²) in [7, 11) is 0.984. The maximum Gasteiger partial charge on any atom is 0.0528 e. The molecule has 0 radical (unpaired) electrons. The van der Waals surface area contributed by atoms with E-state index in [1.807, 2.05) is 7.05 Å². The molecule has 0 rings (SSSR count). The maximum absolute atomic E-state index is 4.01. The molecular formula is C8H19NSi. The minimum atomic E-state index is -0.874. The van der Waals surface area contributed by atoms with Gasteiger partial charge in [-0.25, -0.2) is 0 Å². The Balaban J connectivity index is 3.62. The van der Waals surface area contributed by atoms with E-state index < -0.39 is 8.07 Å². The molecule has 0 aliphatic heterocycles. The van der Waals surface area contributed by atoms with Crippen molar-refractivity contribution in [1.29, 1.82) is 0 Å². The van der Waals surface area contributed by atoms with Gasteiger partial charge in [0.05, 0.1) is 8.07 Å². The van der Waals surface area contributed by atoms with Crippen molar-refractivity contribution in [3.8, 4) is 0 Å². The molecule has 0 aromatic heterocycles. The number of nitrogens with zero attached hydrogens (tertiary/aromatic N) is 1. The number of aliphatic imine (C=N–C) groups is 1. The predicted molar refractivity (Wildman–Crippen MR) is 51.8 cm³/mol. The van der Waals surface area contributed by atoms with E-state index in [1.165, 1.54) is 18.5 Å². The van der Waals surface area contributed by atoms with Crippen LogP contribution in [0, 0.1) is 0 Å². The van der Waals surface area contributed by atoms with Crippen LogP contribution in [0.4, 0.5) is 0 Å². The molecule has 60 valence electrons.